The quantitative estimate of drug-likeness (QED) is 0.700. The molecule has 102 valence electrons. The third kappa shape index (κ3) is 5.69. The lowest BCUT2D eigenvalue weighted by atomic mass is 10.2. The molecule has 0 saturated heterocycles. The van der Waals surface area contributed by atoms with Crippen LogP contribution in [0.1, 0.15) is 5.56 Å². The van der Waals surface area contributed by atoms with E-state index in [1.165, 1.54) is 0 Å². The number of rotatable bonds is 9. The summed E-state index contributed by atoms with van der Waals surface area (Å²) in [6.07, 6.45) is 0. The minimum absolute atomic E-state index is 0.481. The molecule has 0 unspecified atom stereocenters. The zero-order valence-electron chi connectivity index (χ0n) is 10.9. The van der Waals surface area contributed by atoms with Gasteiger partial charge in [0.05, 0.1) is 24.8 Å². The van der Waals surface area contributed by atoms with Crippen molar-refractivity contribution in [3.8, 4) is 5.75 Å². The minimum atomic E-state index is 0.481. The normalized spacial score (nSPS) is 10.6. The smallest absolute Gasteiger partial charge is 0.138 e. The van der Waals surface area contributed by atoms with Crippen molar-refractivity contribution in [1.82, 2.24) is 5.32 Å². The average molecular weight is 274 g/mol. The Hall–Kier alpha value is -0.810. The van der Waals surface area contributed by atoms with Crippen molar-refractivity contribution in [3.63, 3.8) is 0 Å². The molecule has 0 aliphatic carbocycles. The number of methoxy groups -OCH3 is 1. The molecule has 0 aliphatic rings. The van der Waals surface area contributed by atoms with Crippen LogP contribution in [0.4, 0.5) is 0 Å². The first-order valence-electron chi connectivity index (χ1n) is 5.90. The largest absolute Gasteiger partial charge is 0.490 e. The van der Waals surface area contributed by atoms with Gasteiger partial charge in [0.2, 0.25) is 0 Å². The number of ether oxygens (including phenoxy) is 3. The van der Waals surface area contributed by atoms with Gasteiger partial charge in [0.15, 0.2) is 0 Å². The molecule has 0 spiro atoms. The Bertz CT molecular complexity index is 347. The summed E-state index contributed by atoms with van der Waals surface area (Å²) in [6, 6.07) is 5.77. The summed E-state index contributed by atoms with van der Waals surface area (Å²) in [5.74, 6) is 0.687. The second-order valence-electron chi connectivity index (χ2n) is 3.75. The topological polar surface area (TPSA) is 39.7 Å². The molecule has 0 atom stereocenters. The van der Waals surface area contributed by atoms with E-state index in [1.54, 1.807) is 7.11 Å². The number of hydrogen-bond acceptors (Lipinski definition) is 4. The third-order valence-electron chi connectivity index (χ3n) is 2.29. The van der Waals surface area contributed by atoms with Crippen LogP contribution in [-0.4, -0.2) is 40.6 Å². The van der Waals surface area contributed by atoms with Crippen molar-refractivity contribution in [2.24, 2.45) is 0 Å². The molecule has 5 heteroatoms. The van der Waals surface area contributed by atoms with Crippen LogP contribution in [0.2, 0.25) is 5.02 Å². The van der Waals surface area contributed by atoms with Gasteiger partial charge in [-0.3, -0.25) is 0 Å². The van der Waals surface area contributed by atoms with Crippen LogP contribution in [0.25, 0.3) is 0 Å². The fourth-order valence-corrected chi connectivity index (χ4v) is 1.69. The summed E-state index contributed by atoms with van der Waals surface area (Å²) in [6.45, 7) is 2.97. The number of benzene rings is 1. The highest BCUT2D eigenvalue weighted by Crippen LogP contribution is 2.25. The van der Waals surface area contributed by atoms with Crippen molar-refractivity contribution in [1.29, 1.82) is 0 Å². The summed E-state index contributed by atoms with van der Waals surface area (Å²) in [4.78, 5) is 0. The maximum atomic E-state index is 6.11. The molecule has 0 aliphatic heterocycles. The molecule has 1 aromatic rings. The number of nitrogens with one attached hydrogen (secondary N) is 1. The highest BCUT2D eigenvalue weighted by atomic mass is 35.5. The highest BCUT2D eigenvalue weighted by Gasteiger charge is 2.02. The van der Waals surface area contributed by atoms with Crippen LogP contribution >= 0.6 is 11.6 Å². The van der Waals surface area contributed by atoms with E-state index in [4.69, 9.17) is 25.8 Å². The predicted molar refractivity (Wildman–Crippen MR) is 72.4 cm³/mol. The summed E-state index contributed by atoms with van der Waals surface area (Å²) < 4.78 is 15.7. The molecular weight excluding hydrogens is 254 g/mol. The van der Waals surface area contributed by atoms with Gasteiger partial charge >= 0.3 is 0 Å². The molecule has 0 amide bonds. The lowest BCUT2D eigenvalue weighted by Crippen LogP contribution is -2.10. The van der Waals surface area contributed by atoms with Gasteiger partial charge in [-0.1, -0.05) is 17.7 Å². The Labute approximate surface area is 113 Å². The van der Waals surface area contributed by atoms with E-state index < -0.39 is 0 Å². The fourth-order valence-electron chi connectivity index (χ4n) is 1.43. The van der Waals surface area contributed by atoms with Crippen LogP contribution in [0.5, 0.6) is 5.75 Å². The first-order valence-corrected chi connectivity index (χ1v) is 6.28. The maximum absolute atomic E-state index is 6.11. The summed E-state index contributed by atoms with van der Waals surface area (Å²) in [5, 5.41) is 3.70. The van der Waals surface area contributed by atoms with Gasteiger partial charge in [0.1, 0.15) is 12.4 Å². The number of halogens is 1. The molecule has 1 rings (SSSR count). The van der Waals surface area contributed by atoms with E-state index in [0.717, 1.165) is 12.1 Å². The Morgan fingerprint density at radius 2 is 1.94 bits per heavy atom. The molecule has 0 radical (unpaired) electrons. The van der Waals surface area contributed by atoms with Crippen LogP contribution in [0.15, 0.2) is 18.2 Å². The van der Waals surface area contributed by atoms with E-state index in [9.17, 15) is 0 Å². The van der Waals surface area contributed by atoms with E-state index in [2.05, 4.69) is 5.32 Å². The minimum Gasteiger partial charge on any atom is -0.490 e. The van der Waals surface area contributed by atoms with Crippen molar-refractivity contribution in [2.45, 2.75) is 6.54 Å². The van der Waals surface area contributed by atoms with E-state index >= 15 is 0 Å². The predicted octanol–water partition coefficient (Wildman–Crippen LogP) is 2.10. The second-order valence-corrected chi connectivity index (χ2v) is 4.16. The van der Waals surface area contributed by atoms with Crippen LogP contribution in [0, 0.1) is 0 Å². The number of hydrogen-bond donors (Lipinski definition) is 1. The lowest BCUT2D eigenvalue weighted by Gasteiger charge is -2.10. The first kappa shape index (κ1) is 15.2. The lowest BCUT2D eigenvalue weighted by molar-refractivity contribution is 0.0544. The third-order valence-corrected chi connectivity index (χ3v) is 2.59. The van der Waals surface area contributed by atoms with E-state index in [-0.39, 0.29) is 0 Å². The van der Waals surface area contributed by atoms with Crippen molar-refractivity contribution in [3.05, 3.63) is 28.8 Å². The molecule has 0 saturated carbocycles. The van der Waals surface area contributed by atoms with Gasteiger partial charge in [0, 0.05) is 13.7 Å². The van der Waals surface area contributed by atoms with Gasteiger partial charge in [-0.15, -0.1) is 0 Å². The molecule has 1 aromatic carbocycles. The Morgan fingerprint density at radius 3 is 2.61 bits per heavy atom. The van der Waals surface area contributed by atoms with Crippen LogP contribution in [0.3, 0.4) is 0 Å². The highest BCUT2D eigenvalue weighted by molar-refractivity contribution is 6.32. The van der Waals surface area contributed by atoms with Gasteiger partial charge in [-0.25, -0.2) is 0 Å². The molecule has 0 heterocycles. The summed E-state index contributed by atoms with van der Waals surface area (Å²) >= 11 is 6.11. The van der Waals surface area contributed by atoms with Crippen LogP contribution in [-0.2, 0) is 16.0 Å². The molecule has 0 bridgehead atoms. The Morgan fingerprint density at radius 1 is 1.17 bits per heavy atom. The Kier molecular flexibility index (Phi) is 7.76. The zero-order valence-corrected chi connectivity index (χ0v) is 11.6. The fraction of sp³-hybridized carbons (Fsp3) is 0.538. The molecule has 0 aromatic heterocycles. The molecular formula is C13H20ClNO3. The molecule has 4 nitrogen and oxygen atoms in total. The maximum Gasteiger partial charge on any atom is 0.138 e. The van der Waals surface area contributed by atoms with Gasteiger partial charge in [0.25, 0.3) is 0 Å². The molecule has 1 N–H and O–H groups in total. The van der Waals surface area contributed by atoms with Gasteiger partial charge in [-0.05, 0) is 24.7 Å². The second kappa shape index (κ2) is 9.16. The molecule has 18 heavy (non-hydrogen) atoms. The van der Waals surface area contributed by atoms with Crippen molar-refractivity contribution >= 4 is 11.6 Å². The first-order chi connectivity index (χ1) is 8.77. The summed E-state index contributed by atoms with van der Waals surface area (Å²) in [5.41, 5.74) is 1.13. The monoisotopic (exact) mass is 273 g/mol. The van der Waals surface area contributed by atoms with Gasteiger partial charge < -0.3 is 19.5 Å². The van der Waals surface area contributed by atoms with Gasteiger partial charge in [-0.2, -0.15) is 0 Å². The average Bonchev–Trinajstić information content (AvgIpc) is 2.36. The summed E-state index contributed by atoms with van der Waals surface area (Å²) in [7, 11) is 3.54. The van der Waals surface area contributed by atoms with Crippen molar-refractivity contribution in [2.75, 3.05) is 40.6 Å². The molecule has 0 fully saturated rings. The van der Waals surface area contributed by atoms with E-state index in [1.807, 2.05) is 25.2 Å². The SMILES string of the molecule is CNCc1ccc(OCCOCCOC)c(Cl)c1. The zero-order chi connectivity index (χ0) is 13.2. The van der Waals surface area contributed by atoms with E-state index in [0.29, 0.717) is 37.2 Å². The Balaban J connectivity index is 2.29. The van der Waals surface area contributed by atoms with Crippen LogP contribution < -0.4 is 10.1 Å². The standard InChI is InChI=1S/C13H20ClNO3/c1-15-10-11-3-4-13(12(14)9-11)18-8-7-17-6-5-16-2/h3-4,9,15H,5-8,10H2,1-2H3. The van der Waals surface area contributed by atoms with Crippen molar-refractivity contribution < 1.29 is 14.2 Å².